The number of rotatable bonds is 9. The molecule has 26 heavy (non-hydrogen) atoms. The zero-order chi connectivity index (χ0) is 17.9. The lowest BCUT2D eigenvalue weighted by molar-refractivity contribution is -0.118. The lowest BCUT2D eigenvalue weighted by Gasteiger charge is -2.10. The van der Waals surface area contributed by atoms with Crippen LogP contribution in [0.1, 0.15) is 12.8 Å². The van der Waals surface area contributed by atoms with Crippen LogP contribution in [0.5, 0.6) is 5.75 Å². The highest BCUT2D eigenvalue weighted by Crippen LogP contribution is 2.17. The van der Waals surface area contributed by atoms with E-state index in [2.05, 4.69) is 16.0 Å². The molecule has 0 atom stereocenters. The molecule has 0 saturated carbocycles. The topological polar surface area (TPSA) is 79.5 Å². The lowest BCUT2D eigenvalue weighted by Crippen LogP contribution is -2.20. The largest absolute Gasteiger partial charge is 0.484 e. The van der Waals surface area contributed by atoms with Gasteiger partial charge in [0, 0.05) is 23.9 Å². The number of hydrogen-bond donors (Lipinski definition) is 3. The molecule has 0 bridgehead atoms. The number of amides is 2. The van der Waals surface area contributed by atoms with E-state index in [9.17, 15) is 9.59 Å². The van der Waals surface area contributed by atoms with Gasteiger partial charge in [0.2, 0.25) is 5.91 Å². The summed E-state index contributed by atoms with van der Waals surface area (Å²) in [5, 5.41) is 8.57. The van der Waals surface area contributed by atoms with Crippen LogP contribution in [-0.4, -0.2) is 32.0 Å². The van der Waals surface area contributed by atoms with Crippen molar-refractivity contribution in [3.63, 3.8) is 0 Å². The highest BCUT2D eigenvalue weighted by atomic mass is 35.5. The molecule has 3 N–H and O–H groups in total. The van der Waals surface area contributed by atoms with E-state index in [0.717, 1.165) is 18.7 Å². The average molecular weight is 378 g/mol. The summed E-state index contributed by atoms with van der Waals surface area (Å²) in [7, 11) is 1.85. The van der Waals surface area contributed by atoms with Crippen LogP contribution in [0.25, 0.3) is 0 Å². The van der Waals surface area contributed by atoms with Crippen molar-refractivity contribution in [2.45, 2.75) is 12.8 Å². The Kier molecular flexibility index (Phi) is 9.82. The Morgan fingerprint density at radius 1 is 0.923 bits per heavy atom. The Bertz CT molecular complexity index is 695. The number of ether oxygens (including phenoxy) is 1. The van der Waals surface area contributed by atoms with Gasteiger partial charge in [-0.15, -0.1) is 12.4 Å². The van der Waals surface area contributed by atoms with Crippen molar-refractivity contribution in [3.8, 4) is 5.75 Å². The monoisotopic (exact) mass is 377 g/mol. The number of halogens is 1. The summed E-state index contributed by atoms with van der Waals surface area (Å²) >= 11 is 0. The SMILES string of the molecule is CNCCCC(=O)Nc1cccc(OCC(=O)Nc2ccccc2)c1.Cl. The van der Waals surface area contributed by atoms with Crippen molar-refractivity contribution >= 4 is 35.6 Å². The molecule has 7 heteroatoms. The smallest absolute Gasteiger partial charge is 0.262 e. The molecule has 140 valence electrons. The zero-order valence-corrected chi connectivity index (χ0v) is 15.5. The summed E-state index contributed by atoms with van der Waals surface area (Å²) in [6.07, 6.45) is 1.23. The van der Waals surface area contributed by atoms with E-state index in [-0.39, 0.29) is 30.8 Å². The van der Waals surface area contributed by atoms with Gasteiger partial charge in [-0.1, -0.05) is 24.3 Å². The third kappa shape index (κ3) is 8.00. The molecule has 0 unspecified atom stereocenters. The summed E-state index contributed by atoms with van der Waals surface area (Å²) in [5.41, 5.74) is 1.37. The van der Waals surface area contributed by atoms with Crippen LogP contribution in [0.4, 0.5) is 11.4 Å². The molecular weight excluding hydrogens is 354 g/mol. The van der Waals surface area contributed by atoms with Gasteiger partial charge in [-0.2, -0.15) is 0 Å². The van der Waals surface area contributed by atoms with E-state index in [1.165, 1.54) is 0 Å². The Labute approximate surface area is 159 Å². The van der Waals surface area contributed by atoms with E-state index >= 15 is 0 Å². The van der Waals surface area contributed by atoms with Gasteiger partial charge in [0.1, 0.15) is 5.75 Å². The quantitative estimate of drug-likeness (QED) is 0.587. The van der Waals surface area contributed by atoms with Crippen molar-refractivity contribution in [2.75, 3.05) is 30.8 Å². The van der Waals surface area contributed by atoms with Crippen LogP contribution in [0.2, 0.25) is 0 Å². The minimum Gasteiger partial charge on any atom is -0.484 e. The third-order valence-corrected chi connectivity index (χ3v) is 3.38. The van der Waals surface area contributed by atoms with Crippen molar-refractivity contribution in [1.82, 2.24) is 5.32 Å². The molecule has 2 aromatic carbocycles. The number of hydrogen-bond acceptors (Lipinski definition) is 4. The standard InChI is InChI=1S/C19H23N3O3.ClH/c1-20-12-6-11-18(23)22-16-9-5-10-17(13-16)25-14-19(24)21-15-7-3-2-4-8-15;/h2-5,7-10,13,20H,6,11-12,14H2,1H3,(H,21,24)(H,22,23);1H. The van der Waals surface area contributed by atoms with Crippen LogP contribution in [-0.2, 0) is 9.59 Å². The Hall–Kier alpha value is -2.57. The number of anilines is 2. The molecule has 0 fully saturated rings. The summed E-state index contributed by atoms with van der Waals surface area (Å²) in [6, 6.07) is 16.2. The van der Waals surface area contributed by atoms with Gasteiger partial charge in [-0.05, 0) is 44.3 Å². The fraction of sp³-hybridized carbons (Fsp3) is 0.263. The molecule has 0 aromatic heterocycles. The normalized spacial score (nSPS) is 9.73. The molecule has 2 aromatic rings. The van der Waals surface area contributed by atoms with Gasteiger partial charge >= 0.3 is 0 Å². The van der Waals surface area contributed by atoms with Gasteiger partial charge in [0.05, 0.1) is 0 Å². The van der Waals surface area contributed by atoms with Gasteiger partial charge in [0.25, 0.3) is 5.91 Å². The van der Waals surface area contributed by atoms with Crippen molar-refractivity contribution in [3.05, 3.63) is 54.6 Å². The van der Waals surface area contributed by atoms with E-state index in [0.29, 0.717) is 17.9 Å². The van der Waals surface area contributed by atoms with Crippen LogP contribution < -0.4 is 20.7 Å². The second kappa shape index (κ2) is 11.9. The fourth-order valence-corrected chi connectivity index (χ4v) is 2.18. The first kappa shape index (κ1) is 21.5. The first-order valence-electron chi connectivity index (χ1n) is 8.19. The summed E-state index contributed by atoms with van der Waals surface area (Å²) in [5.74, 6) is 0.234. The highest BCUT2D eigenvalue weighted by molar-refractivity contribution is 5.92. The molecule has 0 saturated heterocycles. The van der Waals surface area contributed by atoms with Crippen LogP contribution in [0.3, 0.4) is 0 Å². The van der Waals surface area contributed by atoms with Crippen molar-refractivity contribution < 1.29 is 14.3 Å². The molecule has 0 heterocycles. The molecular formula is C19H24ClN3O3. The molecule has 2 amide bonds. The lowest BCUT2D eigenvalue weighted by atomic mass is 10.2. The Morgan fingerprint density at radius 2 is 1.62 bits per heavy atom. The van der Waals surface area contributed by atoms with E-state index in [1.807, 2.05) is 37.4 Å². The molecule has 0 radical (unpaired) electrons. The molecule has 2 rings (SSSR count). The van der Waals surface area contributed by atoms with Gasteiger partial charge in [-0.3, -0.25) is 9.59 Å². The zero-order valence-electron chi connectivity index (χ0n) is 14.7. The van der Waals surface area contributed by atoms with Gasteiger partial charge in [0.15, 0.2) is 6.61 Å². The number of carbonyl (C=O) groups is 2. The van der Waals surface area contributed by atoms with Crippen LogP contribution in [0, 0.1) is 0 Å². The van der Waals surface area contributed by atoms with Crippen molar-refractivity contribution in [1.29, 1.82) is 0 Å². The van der Waals surface area contributed by atoms with Crippen LogP contribution >= 0.6 is 12.4 Å². The number of nitrogens with one attached hydrogen (secondary N) is 3. The minimum absolute atomic E-state index is 0. The predicted molar refractivity (Wildman–Crippen MR) is 106 cm³/mol. The number of carbonyl (C=O) groups excluding carboxylic acids is 2. The van der Waals surface area contributed by atoms with E-state index < -0.39 is 0 Å². The molecule has 0 aliphatic rings. The molecule has 6 nitrogen and oxygen atoms in total. The first-order chi connectivity index (χ1) is 12.2. The maximum Gasteiger partial charge on any atom is 0.262 e. The first-order valence-corrected chi connectivity index (χ1v) is 8.19. The van der Waals surface area contributed by atoms with Gasteiger partial charge in [-0.25, -0.2) is 0 Å². The van der Waals surface area contributed by atoms with E-state index in [1.54, 1.807) is 24.3 Å². The number of benzene rings is 2. The molecule has 0 aliphatic heterocycles. The van der Waals surface area contributed by atoms with E-state index in [4.69, 9.17) is 4.74 Å². The van der Waals surface area contributed by atoms with Crippen molar-refractivity contribution in [2.24, 2.45) is 0 Å². The second-order valence-electron chi connectivity index (χ2n) is 5.49. The second-order valence-corrected chi connectivity index (χ2v) is 5.49. The summed E-state index contributed by atoms with van der Waals surface area (Å²) in [4.78, 5) is 23.7. The molecule has 0 spiro atoms. The minimum atomic E-state index is -0.243. The molecule has 0 aliphatic carbocycles. The van der Waals surface area contributed by atoms with Crippen LogP contribution in [0.15, 0.2) is 54.6 Å². The summed E-state index contributed by atoms with van der Waals surface area (Å²) < 4.78 is 5.49. The fourth-order valence-electron chi connectivity index (χ4n) is 2.18. The Morgan fingerprint density at radius 3 is 2.35 bits per heavy atom. The maximum atomic E-state index is 11.9. The summed E-state index contributed by atoms with van der Waals surface area (Å²) in [6.45, 7) is 0.696. The Balaban J connectivity index is 0.00000338. The average Bonchev–Trinajstić information content (AvgIpc) is 2.61. The number of para-hydroxylation sites is 1. The predicted octanol–water partition coefficient (Wildman–Crippen LogP) is 3.06. The third-order valence-electron chi connectivity index (χ3n) is 3.38. The maximum absolute atomic E-state index is 11.9. The van der Waals surface area contributed by atoms with Gasteiger partial charge < -0.3 is 20.7 Å². The highest BCUT2D eigenvalue weighted by Gasteiger charge is 2.06.